The van der Waals surface area contributed by atoms with Gasteiger partial charge in [-0.3, -0.25) is 10.1 Å². The summed E-state index contributed by atoms with van der Waals surface area (Å²) in [5, 5.41) is 9.42. The SMILES string of the molecule is O=C(Nc1nnc(-c2cccc(F)c2)o1)c1cccc(C(F)(F)F)c1. The highest BCUT2D eigenvalue weighted by Crippen LogP contribution is 2.29. The monoisotopic (exact) mass is 351 g/mol. The molecule has 1 N–H and O–H groups in total. The van der Waals surface area contributed by atoms with Gasteiger partial charge in [0.05, 0.1) is 5.56 Å². The van der Waals surface area contributed by atoms with E-state index >= 15 is 0 Å². The topological polar surface area (TPSA) is 68.0 Å². The number of amides is 1. The van der Waals surface area contributed by atoms with E-state index in [9.17, 15) is 22.4 Å². The van der Waals surface area contributed by atoms with E-state index in [0.29, 0.717) is 11.6 Å². The van der Waals surface area contributed by atoms with Crippen LogP contribution in [0, 0.1) is 5.82 Å². The van der Waals surface area contributed by atoms with Crippen molar-refractivity contribution >= 4 is 11.9 Å². The minimum absolute atomic E-state index is 0.0427. The first-order valence-corrected chi connectivity index (χ1v) is 6.91. The minimum Gasteiger partial charge on any atom is -0.403 e. The molecule has 3 aromatic rings. The Hall–Kier alpha value is -3.23. The summed E-state index contributed by atoms with van der Waals surface area (Å²) in [6.45, 7) is 0. The summed E-state index contributed by atoms with van der Waals surface area (Å²) in [5.41, 5.74) is -0.876. The second-order valence-electron chi connectivity index (χ2n) is 4.96. The normalized spacial score (nSPS) is 11.4. The molecule has 25 heavy (non-hydrogen) atoms. The molecule has 128 valence electrons. The number of nitrogens with zero attached hydrogens (tertiary/aromatic N) is 2. The van der Waals surface area contributed by atoms with Crippen molar-refractivity contribution in [2.75, 3.05) is 5.32 Å². The molecule has 0 aliphatic heterocycles. The van der Waals surface area contributed by atoms with Crippen LogP contribution in [0.3, 0.4) is 0 Å². The smallest absolute Gasteiger partial charge is 0.403 e. The third-order valence-electron chi connectivity index (χ3n) is 3.17. The summed E-state index contributed by atoms with van der Waals surface area (Å²) in [6, 6.07) is 8.93. The Kier molecular flexibility index (Phi) is 4.22. The second-order valence-corrected chi connectivity index (χ2v) is 4.96. The molecular formula is C16H9F4N3O2. The van der Waals surface area contributed by atoms with Gasteiger partial charge >= 0.3 is 12.2 Å². The fraction of sp³-hybridized carbons (Fsp3) is 0.0625. The maximum atomic E-state index is 13.2. The van der Waals surface area contributed by atoms with Crippen molar-refractivity contribution in [3.8, 4) is 11.5 Å². The summed E-state index contributed by atoms with van der Waals surface area (Å²) in [4.78, 5) is 12.0. The van der Waals surface area contributed by atoms with Crippen LogP contribution < -0.4 is 5.32 Å². The molecule has 1 aromatic heterocycles. The van der Waals surface area contributed by atoms with Crippen LogP contribution in [-0.2, 0) is 6.18 Å². The Bertz CT molecular complexity index is 921. The molecule has 0 aliphatic rings. The van der Waals surface area contributed by atoms with Crippen LogP contribution in [0.15, 0.2) is 52.9 Å². The van der Waals surface area contributed by atoms with Crippen molar-refractivity contribution in [2.24, 2.45) is 0 Å². The molecule has 5 nitrogen and oxygen atoms in total. The number of alkyl halides is 3. The van der Waals surface area contributed by atoms with E-state index in [0.717, 1.165) is 18.2 Å². The number of aromatic nitrogens is 2. The molecule has 0 saturated heterocycles. The third kappa shape index (κ3) is 3.82. The van der Waals surface area contributed by atoms with Gasteiger partial charge in [0.1, 0.15) is 5.82 Å². The molecule has 0 fully saturated rings. The van der Waals surface area contributed by atoms with Gasteiger partial charge in [0.2, 0.25) is 5.89 Å². The zero-order chi connectivity index (χ0) is 18.0. The summed E-state index contributed by atoms with van der Waals surface area (Å²) >= 11 is 0. The van der Waals surface area contributed by atoms with Crippen LogP contribution in [0.4, 0.5) is 23.6 Å². The lowest BCUT2D eigenvalue weighted by atomic mass is 10.1. The van der Waals surface area contributed by atoms with Crippen molar-refractivity contribution in [1.82, 2.24) is 10.2 Å². The third-order valence-corrected chi connectivity index (χ3v) is 3.17. The van der Waals surface area contributed by atoms with Crippen molar-refractivity contribution in [3.05, 3.63) is 65.5 Å². The molecule has 0 bridgehead atoms. The standard InChI is InChI=1S/C16H9F4N3O2/c17-12-6-2-4-10(8-12)14-22-23-15(25-14)21-13(24)9-3-1-5-11(7-9)16(18,19)20/h1-8H,(H,21,23,24). The Morgan fingerprint density at radius 2 is 1.80 bits per heavy atom. The van der Waals surface area contributed by atoms with Gasteiger partial charge in [0.15, 0.2) is 0 Å². The maximum absolute atomic E-state index is 13.2. The van der Waals surface area contributed by atoms with E-state index < -0.39 is 23.5 Å². The van der Waals surface area contributed by atoms with Crippen molar-refractivity contribution in [3.63, 3.8) is 0 Å². The molecule has 0 unspecified atom stereocenters. The summed E-state index contributed by atoms with van der Waals surface area (Å²) < 4.78 is 56.4. The molecule has 3 rings (SSSR count). The number of carbonyl (C=O) groups excluding carboxylic acids is 1. The molecular weight excluding hydrogens is 342 g/mol. The first kappa shape index (κ1) is 16.6. The Labute approximate surface area is 138 Å². The number of benzene rings is 2. The van der Waals surface area contributed by atoms with Gasteiger partial charge in [-0.1, -0.05) is 17.2 Å². The highest BCUT2D eigenvalue weighted by Gasteiger charge is 2.31. The molecule has 2 aromatic carbocycles. The number of hydrogen-bond donors (Lipinski definition) is 1. The van der Waals surface area contributed by atoms with Crippen LogP contribution in [0.1, 0.15) is 15.9 Å². The van der Waals surface area contributed by atoms with Crippen LogP contribution >= 0.6 is 0 Å². The minimum atomic E-state index is -4.56. The van der Waals surface area contributed by atoms with Crippen molar-refractivity contribution in [2.45, 2.75) is 6.18 Å². The van der Waals surface area contributed by atoms with Crippen LogP contribution in [-0.4, -0.2) is 16.1 Å². The zero-order valence-corrected chi connectivity index (χ0v) is 12.3. The van der Waals surface area contributed by atoms with Gasteiger partial charge in [-0.2, -0.15) is 13.2 Å². The largest absolute Gasteiger partial charge is 0.416 e. The molecule has 0 atom stereocenters. The van der Waals surface area contributed by atoms with Crippen molar-refractivity contribution < 1.29 is 26.8 Å². The summed E-state index contributed by atoms with van der Waals surface area (Å²) in [6.07, 6.45) is -4.56. The van der Waals surface area contributed by atoms with Crippen molar-refractivity contribution in [1.29, 1.82) is 0 Å². The number of anilines is 1. The lowest BCUT2D eigenvalue weighted by Gasteiger charge is -2.07. The lowest BCUT2D eigenvalue weighted by Crippen LogP contribution is -2.14. The number of hydrogen-bond acceptors (Lipinski definition) is 4. The summed E-state index contributed by atoms with van der Waals surface area (Å²) in [7, 11) is 0. The zero-order valence-electron chi connectivity index (χ0n) is 12.3. The predicted octanol–water partition coefficient (Wildman–Crippen LogP) is 4.15. The van der Waals surface area contributed by atoms with E-state index in [1.54, 1.807) is 0 Å². The van der Waals surface area contributed by atoms with Gasteiger partial charge in [-0.05, 0) is 36.4 Å². The molecule has 0 spiro atoms. The first-order chi connectivity index (χ1) is 11.8. The first-order valence-electron chi connectivity index (χ1n) is 6.91. The number of carbonyl (C=O) groups is 1. The number of nitrogens with one attached hydrogen (secondary N) is 1. The molecule has 1 amide bonds. The highest BCUT2D eigenvalue weighted by molar-refractivity contribution is 6.03. The average Bonchev–Trinajstić information content (AvgIpc) is 3.03. The van der Waals surface area contributed by atoms with E-state index in [1.807, 2.05) is 0 Å². The van der Waals surface area contributed by atoms with Gasteiger partial charge in [0.25, 0.3) is 5.91 Å². The van der Waals surface area contributed by atoms with E-state index in [2.05, 4.69) is 15.5 Å². The average molecular weight is 351 g/mol. The molecule has 0 saturated carbocycles. The molecule has 0 aliphatic carbocycles. The van der Waals surface area contributed by atoms with Gasteiger partial charge in [-0.25, -0.2) is 4.39 Å². The van der Waals surface area contributed by atoms with Crippen LogP contribution in [0.5, 0.6) is 0 Å². The fourth-order valence-electron chi connectivity index (χ4n) is 2.02. The van der Waals surface area contributed by atoms with Gasteiger partial charge < -0.3 is 4.42 Å². The predicted molar refractivity (Wildman–Crippen MR) is 79.1 cm³/mol. The van der Waals surface area contributed by atoms with Gasteiger partial charge in [-0.15, -0.1) is 5.10 Å². The number of halogens is 4. The van der Waals surface area contributed by atoms with Crippen LogP contribution in [0.2, 0.25) is 0 Å². The Balaban J connectivity index is 1.78. The molecule has 1 heterocycles. The van der Waals surface area contributed by atoms with Gasteiger partial charge in [0, 0.05) is 11.1 Å². The number of rotatable bonds is 3. The fourth-order valence-corrected chi connectivity index (χ4v) is 2.02. The highest BCUT2D eigenvalue weighted by atomic mass is 19.4. The quantitative estimate of drug-likeness (QED) is 0.720. The summed E-state index contributed by atoms with van der Waals surface area (Å²) in [5.74, 6) is -1.40. The molecule has 9 heteroatoms. The van der Waals surface area contributed by atoms with E-state index in [1.165, 1.54) is 24.3 Å². The maximum Gasteiger partial charge on any atom is 0.416 e. The lowest BCUT2D eigenvalue weighted by molar-refractivity contribution is -0.137. The Morgan fingerprint density at radius 1 is 1.04 bits per heavy atom. The van der Waals surface area contributed by atoms with E-state index in [4.69, 9.17) is 4.42 Å². The van der Waals surface area contributed by atoms with Crippen LogP contribution in [0.25, 0.3) is 11.5 Å². The molecule has 0 radical (unpaired) electrons. The van der Waals surface area contributed by atoms with E-state index in [-0.39, 0.29) is 17.5 Å². The Morgan fingerprint density at radius 3 is 2.52 bits per heavy atom. The second kappa shape index (κ2) is 6.34.